The third kappa shape index (κ3) is 3.34. The number of aromatic nitrogens is 2. The van der Waals surface area contributed by atoms with Crippen LogP contribution >= 0.6 is 0 Å². The number of nitrogens with zero attached hydrogens (tertiary/aromatic N) is 2. The number of hydrogen-bond acceptors (Lipinski definition) is 4. The fourth-order valence-corrected chi connectivity index (χ4v) is 1.63. The maximum atomic E-state index is 11.8. The molecular weight excluding hydrogens is 242 g/mol. The van der Waals surface area contributed by atoms with Gasteiger partial charge in [-0.25, -0.2) is 4.79 Å². The number of esters is 1. The van der Waals surface area contributed by atoms with Crippen molar-refractivity contribution in [3.05, 3.63) is 47.8 Å². The van der Waals surface area contributed by atoms with E-state index in [1.165, 1.54) is 0 Å². The summed E-state index contributed by atoms with van der Waals surface area (Å²) in [6, 6.07) is 8.84. The SMILES string of the molecule is CC(C)n1ccc(COC(=O)c2cccc(N)c2)n1. The second-order valence-electron chi connectivity index (χ2n) is 4.58. The highest BCUT2D eigenvalue weighted by Gasteiger charge is 2.09. The van der Waals surface area contributed by atoms with E-state index in [1.54, 1.807) is 24.3 Å². The molecule has 0 radical (unpaired) electrons. The molecule has 0 saturated carbocycles. The van der Waals surface area contributed by atoms with Gasteiger partial charge in [-0.2, -0.15) is 5.10 Å². The summed E-state index contributed by atoms with van der Waals surface area (Å²) in [6.07, 6.45) is 1.87. The fourth-order valence-electron chi connectivity index (χ4n) is 1.63. The number of carbonyl (C=O) groups is 1. The number of hydrogen-bond donors (Lipinski definition) is 1. The molecular formula is C14H17N3O2. The van der Waals surface area contributed by atoms with Crippen LogP contribution in [-0.2, 0) is 11.3 Å². The monoisotopic (exact) mass is 259 g/mol. The zero-order valence-electron chi connectivity index (χ0n) is 11.0. The Kier molecular flexibility index (Phi) is 3.85. The predicted molar refractivity (Wildman–Crippen MR) is 72.6 cm³/mol. The summed E-state index contributed by atoms with van der Waals surface area (Å²) >= 11 is 0. The summed E-state index contributed by atoms with van der Waals surface area (Å²) in [6.45, 7) is 4.23. The normalized spacial score (nSPS) is 10.7. The molecule has 2 aromatic rings. The first-order valence-corrected chi connectivity index (χ1v) is 6.13. The van der Waals surface area contributed by atoms with Crippen LogP contribution in [0.2, 0.25) is 0 Å². The van der Waals surface area contributed by atoms with E-state index in [4.69, 9.17) is 10.5 Å². The molecule has 0 fully saturated rings. The van der Waals surface area contributed by atoms with E-state index >= 15 is 0 Å². The molecule has 1 heterocycles. The third-order valence-corrected chi connectivity index (χ3v) is 2.67. The van der Waals surface area contributed by atoms with Gasteiger partial charge in [0.2, 0.25) is 0 Å². The molecule has 5 nitrogen and oxygen atoms in total. The van der Waals surface area contributed by atoms with Gasteiger partial charge in [-0.05, 0) is 38.1 Å². The smallest absolute Gasteiger partial charge is 0.338 e. The Bertz CT molecular complexity index is 576. The number of nitrogens with two attached hydrogens (primary N) is 1. The van der Waals surface area contributed by atoms with Gasteiger partial charge in [0.15, 0.2) is 0 Å². The Labute approximate surface area is 112 Å². The molecule has 0 aliphatic carbocycles. The van der Waals surface area contributed by atoms with E-state index in [9.17, 15) is 4.79 Å². The fraction of sp³-hybridized carbons (Fsp3) is 0.286. The third-order valence-electron chi connectivity index (χ3n) is 2.67. The summed E-state index contributed by atoms with van der Waals surface area (Å²) < 4.78 is 7.01. The lowest BCUT2D eigenvalue weighted by molar-refractivity contribution is 0.0467. The Morgan fingerprint density at radius 3 is 2.84 bits per heavy atom. The number of anilines is 1. The van der Waals surface area contributed by atoms with E-state index in [-0.39, 0.29) is 6.61 Å². The Morgan fingerprint density at radius 2 is 2.21 bits per heavy atom. The van der Waals surface area contributed by atoms with Gasteiger partial charge in [0.05, 0.1) is 11.3 Å². The minimum Gasteiger partial charge on any atom is -0.456 e. The average Bonchev–Trinajstić information content (AvgIpc) is 2.85. The van der Waals surface area contributed by atoms with Crippen LogP contribution < -0.4 is 5.73 Å². The van der Waals surface area contributed by atoms with Crippen LogP contribution in [0.25, 0.3) is 0 Å². The van der Waals surface area contributed by atoms with Gasteiger partial charge in [0.25, 0.3) is 0 Å². The van der Waals surface area contributed by atoms with Gasteiger partial charge in [-0.3, -0.25) is 4.68 Å². The molecule has 100 valence electrons. The van der Waals surface area contributed by atoms with Crippen LogP contribution in [0.3, 0.4) is 0 Å². The van der Waals surface area contributed by atoms with E-state index in [0.717, 1.165) is 5.69 Å². The number of benzene rings is 1. The van der Waals surface area contributed by atoms with E-state index in [2.05, 4.69) is 5.10 Å². The summed E-state index contributed by atoms with van der Waals surface area (Å²) in [7, 11) is 0. The molecule has 0 aliphatic rings. The molecule has 0 amide bonds. The predicted octanol–water partition coefficient (Wildman–Crippen LogP) is 2.40. The standard InChI is InChI=1S/C14H17N3O2/c1-10(2)17-7-6-13(16-17)9-19-14(18)11-4-3-5-12(15)8-11/h3-8,10H,9,15H2,1-2H3. The van der Waals surface area contributed by atoms with Crippen LogP contribution in [0, 0.1) is 0 Å². The van der Waals surface area contributed by atoms with Gasteiger partial charge in [-0.15, -0.1) is 0 Å². The molecule has 2 rings (SSSR count). The van der Waals surface area contributed by atoms with E-state index in [0.29, 0.717) is 17.3 Å². The Hall–Kier alpha value is -2.30. The molecule has 19 heavy (non-hydrogen) atoms. The number of carbonyl (C=O) groups excluding carboxylic acids is 1. The summed E-state index contributed by atoms with van der Waals surface area (Å²) in [5.74, 6) is -0.397. The largest absolute Gasteiger partial charge is 0.456 e. The quantitative estimate of drug-likeness (QED) is 0.676. The van der Waals surface area contributed by atoms with Crippen molar-refractivity contribution >= 4 is 11.7 Å². The summed E-state index contributed by atoms with van der Waals surface area (Å²) in [5, 5.41) is 4.31. The lowest BCUT2D eigenvalue weighted by Gasteiger charge is -2.05. The second kappa shape index (κ2) is 5.56. The van der Waals surface area contributed by atoms with Crippen molar-refractivity contribution in [3.8, 4) is 0 Å². The van der Waals surface area contributed by atoms with Crippen LogP contribution in [0.15, 0.2) is 36.5 Å². The molecule has 5 heteroatoms. The van der Waals surface area contributed by atoms with Crippen molar-refractivity contribution in [1.29, 1.82) is 0 Å². The maximum absolute atomic E-state index is 11.8. The highest BCUT2D eigenvalue weighted by molar-refractivity contribution is 5.90. The summed E-state index contributed by atoms with van der Waals surface area (Å²) in [5.41, 5.74) is 7.33. The summed E-state index contributed by atoms with van der Waals surface area (Å²) in [4.78, 5) is 11.8. The van der Waals surface area contributed by atoms with Crippen molar-refractivity contribution in [2.75, 3.05) is 5.73 Å². The van der Waals surface area contributed by atoms with Crippen LogP contribution in [0.1, 0.15) is 35.9 Å². The minimum absolute atomic E-state index is 0.160. The van der Waals surface area contributed by atoms with E-state index < -0.39 is 5.97 Å². The average molecular weight is 259 g/mol. The van der Waals surface area contributed by atoms with Crippen LogP contribution in [0.4, 0.5) is 5.69 Å². The first kappa shape index (κ1) is 13.1. The molecule has 0 unspecified atom stereocenters. The Balaban J connectivity index is 1.96. The van der Waals surface area contributed by atoms with Gasteiger partial charge >= 0.3 is 5.97 Å². The van der Waals surface area contributed by atoms with Gasteiger partial charge in [-0.1, -0.05) is 6.07 Å². The molecule has 0 atom stereocenters. The zero-order valence-corrected chi connectivity index (χ0v) is 11.0. The number of rotatable bonds is 4. The highest BCUT2D eigenvalue weighted by Crippen LogP contribution is 2.10. The van der Waals surface area contributed by atoms with Gasteiger partial charge in [0, 0.05) is 17.9 Å². The highest BCUT2D eigenvalue weighted by atomic mass is 16.5. The first-order valence-electron chi connectivity index (χ1n) is 6.13. The lowest BCUT2D eigenvalue weighted by atomic mass is 10.2. The topological polar surface area (TPSA) is 70.1 Å². The molecule has 0 saturated heterocycles. The molecule has 1 aromatic carbocycles. The number of ether oxygens (including phenoxy) is 1. The van der Waals surface area contributed by atoms with Crippen molar-refractivity contribution in [1.82, 2.24) is 9.78 Å². The maximum Gasteiger partial charge on any atom is 0.338 e. The van der Waals surface area contributed by atoms with Gasteiger partial charge in [0.1, 0.15) is 6.61 Å². The second-order valence-corrected chi connectivity index (χ2v) is 4.58. The van der Waals surface area contributed by atoms with Crippen LogP contribution in [0.5, 0.6) is 0 Å². The molecule has 0 aliphatic heterocycles. The van der Waals surface area contributed by atoms with Crippen molar-refractivity contribution < 1.29 is 9.53 Å². The lowest BCUT2D eigenvalue weighted by Crippen LogP contribution is -2.07. The first-order chi connectivity index (χ1) is 9.06. The molecule has 2 N–H and O–H groups in total. The molecule has 0 spiro atoms. The number of nitrogen functional groups attached to an aromatic ring is 1. The Morgan fingerprint density at radius 1 is 1.42 bits per heavy atom. The van der Waals surface area contributed by atoms with Gasteiger partial charge < -0.3 is 10.5 Å². The zero-order chi connectivity index (χ0) is 13.8. The molecule has 1 aromatic heterocycles. The van der Waals surface area contributed by atoms with Crippen molar-refractivity contribution in [3.63, 3.8) is 0 Å². The minimum atomic E-state index is -0.397. The van der Waals surface area contributed by atoms with Crippen LogP contribution in [-0.4, -0.2) is 15.7 Å². The molecule has 0 bridgehead atoms. The van der Waals surface area contributed by atoms with Crippen molar-refractivity contribution in [2.24, 2.45) is 0 Å². The van der Waals surface area contributed by atoms with Crippen molar-refractivity contribution in [2.45, 2.75) is 26.5 Å². The van der Waals surface area contributed by atoms with E-state index in [1.807, 2.05) is 30.8 Å².